The third-order valence-electron chi connectivity index (χ3n) is 4.41. The molecule has 1 amide bonds. The van der Waals surface area contributed by atoms with Crippen molar-refractivity contribution in [1.82, 2.24) is 4.90 Å². The quantitative estimate of drug-likeness (QED) is 0.822. The first-order valence-corrected chi connectivity index (χ1v) is 8.38. The van der Waals surface area contributed by atoms with E-state index in [0.29, 0.717) is 25.1 Å². The lowest BCUT2D eigenvalue weighted by Crippen LogP contribution is -2.43. The minimum absolute atomic E-state index is 0.179. The Morgan fingerprint density at radius 2 is 1.80 bits per heavy atom. The largest absolute Gasteiger partial charge is 0.479 e. The van der Waals surface area contributed by atoms with Gasteiger partial charge in [0.2, 0.25) is 5.91 Å². The van der Waals surface area contributed by atoms with E-state index in [9.17, 15) is 14.7 Å². The number of carboxylic acids is 1. The standard InChI is InChI=1S/C20H21NO4/c22-18(11-13-25-14-15-6-2-1-3-7-15)21-12-10-16-8-4-5-9-17(16)19(21)20(23)24/h1-9,19H,10-14H2,(H,23,24). The van der Waals surface area contributed by atoms with E-state index in [0.717, 1.165) is 11.1 Å². The summed E-state index contributed by atoms with van der Waals surface area (Å²) in [6.07, 6.45) is 0.856. The molecular weight excluding hydrogens is 318 g/mol. The highest BCUT2D eigenvalue weighted by atomic mass is 16.5. The van der Waals surface area contributed by atoms with Gasteiger partial charge < -0.3 is 14.7 Å². The summed E-state index contributed by atoms with van der Waals surface area (Å²) in [4.78, 5) is 25.7. The van der Waals surface area contributed by atoms with E-state index in [2.05, 4.69) is 0 Å². The summed E-state index contributed by atoms with van der Waals surface area (Å²) in [5.74, 6) is -1.18. The summed E-state index contributed by atoms with van der Waals surface area (Å²) in [6.45, 7) is 1.14. The van der Waals surface area contributed by atoms with Crippen molar-refractivity contribution < 1.29 is 19.4 Å². The number of hydrogen-bond donors (Lipinski definition) is 1. The molecule has 1 aliphatic rings. The molecule has 5 nitrogen and oxygen atoms in total. The van der Waals surface area contributed by atoms with Crippen LogP contribution in [0, 0.1) is 0 Å². The highest BCUT2D eigenvalue weighted by Gasteiger charge is 2.35. The molecule has 1 unspecified atom stereocenters. The van der Waals surface area contributed by atoms with E-state index in [4.69, 9.17) is 4.74 Å². The van der Waals surface area contributed by atoms with Gasteiger partial charge in [0.25, 0.3) is 0 Å². The number of aliphatic carboxylic acids is 1. The molecule has 25 heavy (non-hydrogen) atoms. The Labute approximate surface area is 146 Å². The van der Waals surface area contributed by atoms with Gasteiger partial charge >= 0.3 is 5.97 Å². The highest BCUT2D eigenvalue weighted by molar-refractivity contribution is 5.85. The normalized spacial score (nSPS) is 16.3. The molecule has 0 saturated heterocycles. The lowest BCUT2D eigenvalue weighted by atomic mass is 9.92. The number of rotatable bonds is 6. The fourth-order valence-corrected chi connectivity index (χ4v) is 3.17. The predicted molar refractivity (Wildman–Crippen MR) is 93.0 cm³/mol. The van der Waals surface area contributed by atoms with Gasteiger partial charge in [0.05, 0.1) is 19.6 Å². The van der Waals surface area contributed by atoms with Crippen LogP contribution >= 0.6 is 0 Å². The maximum absolute atomic E-state index is 12.5. The van der Waals surface area contributed by atoms with Crippen LogP contribution in [0.5, 0.6) is 0 Å². The van der Waals surface area contributed by atoms with E-state index < -0.39 is 12.0 Å². The average molecular weight is 339 g/mol. The van der Waals surface area contributed by atoms with Gasteiger partial charge in [0, 0.05) is 6.54 Å². The molecule has 130 valence electrons. The third-order valence-corrected chi connectivity index (χ3v) is 4.41. The number of nitrogens with zero attached hydrogens (tertiary/aromatic N) is 1. The van der Waals surface area contributed by atoms with Gasteiger partial charge in [-0.15, -0.1) is 0 Å². The van der Waals surface area contributed by atoms with Gasteiger partial charge in [-0.2, -0.15) is 0 Å². The van der Waals surface area contributed by atoms with Crippen LogP contribution in [-0.2, 0) is 27.4 Å². The van der Waals surface area contributed by atoms with Gasteiger partial charge in [-0.3, -0.25) is 4.79 Å². The number of benzene rings is 2. The first-order chi connectivity index (χ1) is 12.2. The topological polar surface area (TPSA) is 66.8 Å². The van der Waals surface area contributed by atoms with Crippen molar-refractivity contribution in [3.05, 3.63) is 71.3 Å². The zero-order chi connectivity index (χ0) is 17.6. The number of carbonyl (C=O) groups excluding carboxylic acids is 1. The van der Waals surface area contributed by atoms with E-state index in [-0.39, 0.29) is 18.9 Å². The van der Waals surface area contributed by atoms with Gasteiger partial charge in [-0.05, 0) is 23.1 Å². The van der Waals surface area contributed by atoms with E-state index in [1.54, 1.807) is 6.07 Å². The van der Waals surface area contributed by atoms with E-state index in [1.807, 2.05) is 48.5 Å². The van der Waals surface area contributed by atoms with Crippen molar-refractivity contribution in [3.63, 3.8) is 0 Å². The Bertz CT molecular complexity index is 744. The van der Waals surface area contributed by atoms with Crippen LogP contribution in [0.25, 0.3) is 0 Å². The third kappa shape index (κ3) is 4.06. The molecule has 0 saturated carbocycles. The van der Waals surface area contributed by atoms with E-state index in [1.165, 1.54) is 4.90 Å². The Hall–Kier alpha value is -2.66. The van der Waals surface area contributed by atoms with Gasteiger partial charge in [0.15, 0.2) is 6.04 Å². The van der Waals surface area contributed by atoms with Crippen molar-refractivity contribution in [2.24, 2.45) is 0 Å². The molecule has 2 aromatic carbocycles. The smallest absolute Gasteiger partial charge is 0.331 e. The molecule has 3 rings (SSSR count). The lowest BCUT2D eigenvalue weighted by molar-refractivity contribution is -0.151. The molecule has 1 heterocycles. The Morgan fingerprint density at radius 3 is 2.56 bits per heavy atom. The molecule has 2 aromatic rings. The Balaban J connectivity index is 1.59. The molecule has 1 aliphatic heterocycles. The van der Waals surface area contributed by atoms with E-state index >= 15 is 0 Å². The molecule has 1 atom stereocenters. The molecule has 0 spiro atoms. The fourth-order valence-electron chi connectivity index (χ4n) is 3.17. The van der Waals surface area contributed by atoms with Crippen molar-refractivity contribution in [2.75, 3.05) is 13.2 Å². The number of hydrogen-bond acceptors (Lipinski definition) is 3. The minimum atomic E-state index is -0.995. The van der Waals surface area contributed by atoms with Crippen LogP contribution in [0.2, 0.25) is 0 Å². The van der Waals surface area contributed by atoms with Crippen molar-refractivity contribution in [2.45, 2.75) is 25.5 Å². The molecule has 1 N–H and O–H groups in total. The molecule has 0 fully saturated rings. The van der Waals surface area contributed by atoms with Crippen LogP contribution in [0.15, 0.2) is 54.6 Å². The van der Waals surface area contributed by atoms with Crippen molar-refractivity contribution >= 4 is 11.9 Å². The second-order valence-corrected chi connectivity index (χ2v) is 6.06. The van der Waals surface area contributed by atoms with Gasteiger partial charge in [-0.25, -0.2) is 4.79 Å². The maximum atomic E-state index is 12.5. The van der Waals surface area contributed by atoms with Crippen LogP contribution in [-0.4, -0.2) is 35.0 Å². The van der Waals surface area contributed by atoms with Crippen LogP contribution in [0.1, 0.15) is 29.2 Å². The zero-order valence-corrected chi connectivity index (χ0v) is 13.9. The Kier molecular flexibility index (Phi) is 5.46. The molecule has 0 aliphatic carbocycles. The molecule has 0 radical (unpaired) electrons. The first kappa shape index (κ1) is 17.2. The average Bonchev–Trinajstić information content (AvgIpc) is 2.64. The fraction of sp³-hybridized carbons (Fsp3) is 0.300. The SMILES string of the molecule is O=C(O)C1c2ccccc2CCN1C(=O)CCOCc1ccccc1. The first-order valence-electron chi connectivity index (χ1n) is 8.38. The van der Waals surface area contributed by atoms with Gasteiger partial charge in [0.1, 0.15) is 0 Å². The number of carbonyl (C=O) groups is 2. The van der Waals surface area contributed by atoms with Crippen LogP contribution in [0.4, 0.5) is 0 Å². The van der Waals surface area contributed by atoms with Crippen molar-refractivity contribution in [1.29, 1.82) is 0 Å². The second kappa shape index (κ2) is 7.94. The molecule has 0 aromatic heterocycles. The lowest BCUT2D eigenvalue weighted by Gasteiger charge is -2.34. The monoisotopic (exact) mass is 339 g/mol. The summed E-state index contributed by atoms with van der Waals surface area (Å²) < 4.78 is 5.55. The number of fused-ring (bicyclic) bond motifs is 1. The summed E-state index contributed by atoms with van der Waals surface area (Å²) >= 11 is 0. The Morgan fingerprint density at radius 1 is 1.08 bits per heavy atom. The second-order valence-electron chi connectivity index (χ2n) is 6.06. The minimum Gasteiger partial charge on any atom is -0.479 e. The molecule has 0 bridgehead atoms. The van der Waals surface area contributed by atoms with Gasteiger partial charge in [-0.1, -0.05) is 54.6 Å². The maximum Gasteiger partial charge on any atom is 0.331 e. The number of carboxylic acid groups (broad SMARTS) is 1. The number of ether oxygens (including phenoxy) is 1. The zero-order valence-electron chi connectivity index (χ0n) is 13.9. The van der Waals surface area contributed by atoms with Crippen LogP contribution < -0.4 is 0 Å². The van der Waals surface area contributed by atoms with Crippen molar-refractivity contribution in [3.8, 4) is 0 Å². The summed E-state index contributed by atoms with van der Waals surface area (Å²) in [6, 6.07) is 16.2. The molecule has 5 heteroatoms. The number of amides is 1. The molecular formula is C20H21NO4. The highest BCUT2D eigenvalue weighted by Crippen LogP contribution is 2.30. The van der Waals surface area contributed by atoms with Crippen LogP contribution in [0.3, 0.4) is 0 Å². The summed E-state index contributed by atoms with van der Waals surface area (Å²) in [7, 11) is 0. The predicted octanol–water partition coefficient (Wildman–Crippen LogP) is 2.80. The summed E-state index contributed by atoms with van der Waals surface area (Å²) in [5, 5.41) is 9.60. The summed E-state index contributed by atoms with van der Waals surface area (Å²) in [5.41, 5.74) is 2.75.